The van der Waals surface area contributed by atoms with E-state index >= 15 is 0 Å². The maximum absolute atomic E-state index is 10.0. The van der Waals surface area contributed by atoms with Crippen LogP contribution in [0.5, 0.6) is 5.75 Å². The molecule has 0 bridgehead atoms. The predicted octanol–water partition coefficient (Wildman–Crippen LogP) is 7.09. The lowest BCUT2D eigenvalue weighted by molar-refractivity contribution is 0.474. The van der Waals surface area contributed by atoms with Gasteiger partial charge in [-0.1, -0.05) is 66.7 Å². The first kappa shape index (κ1) is 18.3. The maximum atomic E-state index is 10.0. The van der Waals surface area contributed by atoms with Gasteiger partial charge >= 0.3 is 0 Å². The van der Waals surface area contributed by atoms with E-state index in [1.54, 1.807) is 29.7 Å². The van der Waals surface area contributed by atoms with Gasteiger partial charge in [-0.25, -0.2) is 4.98 Å². The molecule has 0 amide bonds. The molecule has 0 saturated carbocycles. The summed E-state index contributed by atoms with van der Waals surface area (Å²) in [5.41, 5.74) is 5.77. The van der Waals surface area contributed by atoms with Gasteiger partial charge in [-0.2, -0.15) is 0 Å². The van der Waals surface area contributed by atoms with Gasteiger partial charge in [0.15, 0.2) is 0 Å². The minimum absolute atomic E-state index is 0.214. The molecule has 0 aliphatic rings. The van der Waals surface area contributed by atoms with Crippen LogP contribution in [0.15, 0.2) is 102 Å². The fraction of sp³-hybridized carbons (Fsp3) is 0. The Labute approximate surface area is 178 Å². The Balaban J connectivity index is 1.59. The number of fused-ring (bicyclic) bond motifs is 1. The number of para-hydroxylation sites is 3. The number of aliphatic imine (C=N–C) groups is 1. The number of phenols is 1. The Morgan fingerprint density at radius 2 is 1.47 bits per heavy atom. The highest BCUT2D eigenvalue weighted by atomic mass is 32.1. The Morgan fingerprint density at radius 3 is 2.33 bits per heavy atom. The van der Waals surface area contributed by atoms with Crippen molar-refractivity contribution in [2.45, 2.75) is 0 Å². The van der Waals surface area contributed by atoms with E-state index in [1.807, 2.05) is 54.6 Å². The monoisotopic (exact) mass is 406 g/mol. The Hall–Kier alpha value is -3.76. The normalized spacial score (nSPS) is 11.3. The van der Waals surface area contributed by atoms with Gasteiger partial charge in [-0.05, 0) is 35.9 Å². The van der Waals surface area contributed by atoms with Gasteiger partial charge in [0.2, 0.25) is 0 Å². The number of hydrogen-bond donors (Lipinski definition) is 1. The molecule has 1 N–H and O–H groups in total. The average molecular weight is 407 g/mol. The molecule has 0 aliphatic heterocycles. The van der Waals surface area contributed by atoms with Gasteiger partial charge in [-0.3, -0.25) is 4.99 Å². The average Bonchev–Trinajstić information content (AvgIpc) is 3.24. The lowest BCUT2D eigenvalue weighted by atomic mass is 10.0. The lowest BCUT2D eigenvalue weighted by Crippen LogP contribution is -1.83. The second kappa shape index (κ2) is 7.93. The third-order valence-corrected chi connectivity index (χ3v) is 5.97. The summed E-state index contributed by atoms with van der Waals surface area (Å²) in [7, 11) is 0. The van der Waals surface area contributed by atoms with Crippen molar-refractivity contribution >= 4 is 33.5 Å². The van der Waals surface area contributed by atoms with Gasteiger partial charge in [0.1, 0.15) is 10.8 Å². The Morgan fingerprint density at radius 1 is 0.733 bits per heavy atom. The van der Waals surface area contributed by atoms with Crippen molar-refractivity contribution < 1.29 is 5.11 Å². The van der Waals surface area contributed by atoms with E-state index in [0.29, 0.717) is 5.56 Å². The largest absolute Gasteiger partial charge is 0.507 e. The summed E-state index contributed by atoms with van der Waals surface area (Å²) < 4.78 is 1.14. The van der Waals surface area contributed by atoms with Crippen LogP contribution >= 0.6 is 11.3 Å². The predicted molar refractivity (Wildman–Crippen MR) is 126 cm³/mol. The highest BCUT2D eigenvalue weighted by molar-refractivity contribution is 7.21. The molecular formula is C26H18N2OS. The zero-order chi connectivity index (χ0) is 20.3. The fourth-order valence-electron chi connectivity index (χ4n) is 3.42. The van der Waals surface area contributed by atoms with Crippen molar-refractivity contribution in [3.05, 3.63) is 103 Å². The van der Waals surface area contributed by atoms with Gasteiger partial charge in [0.05, 0.1) is 15.9 Å². The van der Waals surface area contributed by atoms with Crippen LogP contribution in [0.4, 0.5) is 5.69 Å². The van der Waals surface area contributed by atoms with Crippen LogP contribution in [0.2, 0.25) is 0 Å². The maximum Gasteiger partial charge on any atom is 0.126 e. The molecule has 4 heteroatoms. The molecule has 0 atom stereocenters. The molecule has 4 aromatic carbocycles. The first-order valence-corrected chi connectivity index (χ1v) is 10.5. The van der Waals surface area contributed by atoms with E-state index in [-0.39, 0.29) is 5.75 Å². The summed E-state index contributed by atoms with van der Waals surface area (Å²) >= 11 is 1.66. The van der Waals surface area contributed by atoms with Crippen molar-refractivity contribution in [2.75, 3.05) is 0 Å². The van der Waals surface area contributed by atoms with E-state index in [0.717, 1.165) is 37.6 Å². The molecule has 144 valence electrons. The van der Waals surface area contributed by atoms with Crippen LogP contribution in [0, 0.1) is 0 Å². The summed E-state index contributed by atoms with van der Waals surface area (Å²) in [6, 6.07) is 31.8. The number of aromatic hydroxyl groups is 1. The van der Waals surface area contributed by atoms with Crippen molar-refractivity contribution in [2.24, 2.45) is 4.99 Å². The minimum Gasteiger partial charge on any atom is -0.507 e. The van der Waals surface area contributed by atoms with E-state index in [4.69, 9.17) is 4.98 Å². The fourth-order valence-corrected chi connectivity index (χ4v) is 4.44. The second-order valence-electron chi connectivity index (χ2n) is 6.87. The van der Waals surface area contributed by atoms with Gasteiger partial charge in [-0.15, -0.1) is 11.3 Å². The first-order chi connectivity index (χ1) is 14.8. The molecule has 0 unspecified atom stereocenters. The van der Waals surface area contributed by atoms with Gasteiger partial charge in [0, 0.05) is 22.9 Å². The van der Waals surface area contributed by atoms with E-state index in [2.05, 4.69) is 35.3 Å². The number of phenolic OH excluding ortho intramolecular Hbond substituents is 1. The highest BCUT2D eigenvalue weighted by Crippen LogP contribution is 2.38. The SMILES string of the molecule is Oc1ccccc1/C=N/c1ccccc1-c1nc2c(-c3ccccc3)cccc2s1. The quantitative estimate of drug-likeness (QED) is 0.324. The molecule has 5 rings (SSSR count). The number of benzene rings is 4. The third-order valence-electron chi connectivity index (χ3n) is 4.92. The molecule has 1 aromatic heterocycles. The van der Waals surface area contributed by atoms with Crippen molar-refractivity contribution in [1.29, 1.82) is 0 Å². The van der Waals surface area contributed by atoms with E-state index < -0.39 is 0 Å². The summed E-state index contributed by atoms with van der Waals surface area (Å²) in [6.45, 7) is 0. The number of rotatable bonds is 4. The molecule has 1 heterocycles. The van der Waals surface area contributed by atoms with Crippen LogP contribution in [0.1, 0.15) is 5.56 Å². The zero-order valence-corrected chi connectivity index (χ0v) is 16.9. The smallest absolute Gasteiger partial charge is 0.126 e. The molecule has 0 saturated heterocycles. The summed E-state index contributed by atoms with van der Waals surface area (Å²) in [6.07, 6.45) is 1.69. The molecule has 0 fully saturated rings. The number of aromatic nitrogens is 1. The number of thiazole rings is 1. The van der Waals surface area contributed by atoms with Gasteiger partial charge in [0.25, 0.3) is 0 Å². The molecule has 3 nitrogen and oxygen atoms in total. The first-order valence-electron chi connectivity index (χ1n) is 9.66. The van der Waals surface area contributed by atoms with Crippen molar-refractivity contribution in [3.8, 4) is 27.4 Å². The number of nitrogens with zero attached hydrogens (tertiary/aromatic N) is 2. The van der Waals surface area contributed by atoms with Crippen LogP contribution in [-0.2, 0) is 0 Å². The van der Waals surface area contributed by atoms with Crippen molar-refractivity contribution in [3.63, 3.8) is 0 Å². The molecule has 0 aliphatic carbocycles. The molecule has 0 radical (unpaired) electrons. The highest BCUT2D eigenvalue weighted by Gasteiger charge is 2.13. The number of hydrogen-bond acceptors (Lipinski definition) is 4. The topological polar surface area (TPSA) is 45.5 Å². The van der Waals surface area contributed by atoms with E-state index in [1.165, 1.54) is 0 Å². The van der Waals surface area contributed by atoms with Crippen LogP contribution in [0.3, 0.4) is 0 Å². The standard InChI is InChI=1S/C26H18N2OS/c29-23-15-7-4-11-19(23)17-27-22-14-6-5-12-21(22)26-28-25-20(13-8-16-24(25)30-26)18-9-2-1-3-10-18/h1-17,29H/b27-17+. The zero-order valence-electron chi connectivity index (χ0n) is 16.1. The summed E-state index contributed by atoms with van der Waals surface area (Å²) in [5, 5.41) is 10.9. The minimum atomic E-state index is 0.214. The van der Waals surface area contributed by atoms with E-state index in [9.17, 15) is 5.11 Å². The molecule has 30 heavy (non-hydrogen) atoms. The second-order valence-corrected chi connectivity index (χ2v) is 7.90. The van der Waals surface area contributed by atoms with Crippen LogP contribution in [0.25, 0.3) is 31.9 Å². The summed E-state index contributed by atoms with van der Waals surface area (Å²) in [5.74, 6) is 0.214. The summed E-state index contributed by atoms with van der Waals surface area (Å²) in [4.78, 5) is 9.63. The van der Waals surface area contributed by atoms with Crippen molar-refractivity contribution in [1.82, 2.24) is 4.98 Å². The molecule has 0 spiro atoms. The van der Waals surface area contributed by atoms with Crippen LogP contribution in [-0.4, -0.2) is 16.3 Å². The lowest BCUT2D eigenvalue weighted by Gasteiger charge is -2.03. The third kappa shape index (κ3) is 3.49. The molecular weight excluding hydrogens is 388 g/mol. The Kier molecular flexibility index (Phi) is 4.83. The van der Waals surface area contributed by atoms with Crippen LogP contribution < -0.4 is 0 Å². The molecule has 5 aromatic rings. The van der Waals surface area contributed by atoms with Gasteiger partial charge < -0.3 is 5.11 Å². The Bertz CT molecular complexity index is 1360.